The van der Waals surface area contributed by atoms with E-state index in [0.717, 1.165) is 30.0 Å². The highest BCUT2D eigenvalue weighted by Gasteiger charge is 2.43. The van der Waals surface area contributed by atoms with Crippen molar-refractivity contribution in [2.24, 2.45) is 5.41 Å². The Balaban J connectivity index is 1.65. The van der Waals surface area contributed by atoms with Gasteiger partial charge in [-0.15, -0.1) is 11.3 Å². The molecule has 2 fully saturated rings. The fraction of sp³-hybridized carbons (Fsp3) is 0.812. The van der Waals surface area contributed by atoms with Crippen molar-refractivity contribution in [3.63, 3.8) is 0 Å². The normalized spacial score (nSPS) is 25.0. The highest BCUT2D eigenvalue weighted by atomic mass is 32.1. The number of hydrogen-bond acceptors (Lipinski definition) is 3. The molecule has 1 spiro atoms. The van der Waals surface area contributed by atoms with E-state index in [1.807, 2.05) is 0 Å². The smallest absolute Gasteiger partial charge is 0.0959 e. The number of aliphatic hydroxyl groups is 1. The molecule has 0 saturated heterocycles. The number of nitrogens with zero attached hydrogens (tertiary/aromatic N) is 1. The van der Waals surface area contributed by atoms with Crippen LogP contribution < -0.4 is 0 Å². The first-order valence-electron chi connectivity index (χ1n) is 7.66. The predicted molar refractivity (Wildman–Crippen MR) is 79.6 cm³/mol. The van der Waals surface area contributed by atoms with Crippen molar-refractivity contribution in [3.05, 3.63) is 15.6 Å². The van der Waals surface area contributed by atoms with Crippen LogP contribution in [0.4, 0.5) is 0 Å². The molecule has 2 aliphatic carbocycles. The molecule has 1 aromatic heterocycles. The average Bonchev–Trinajstić information content (AvgIpc) is 2.93. The van der Waals surface area contributed by atoms with Gasteiger partial charge in [-0.05, 0) is 57.8 Å². The van der Waals surface area contributed by atoms with Crippen molar-refractivity contribution in [1.82, 2.24) is 4.98 Å². The number of aryl methyl sites for hydroxylation is 2. The van der Waals surface area contributed by atoms with E-state index in [-0.39, 0.29) is 0 Å². The van der Waals surface area contributed by atoms with E-state index in [0.29, 0.717) is 5.41 Å². The van der Waals surface area contributed by atoms with Crippen LogP contribution in [0.15, 0.2) is 0 Å². The largest absolute Gasteiger partial charge is 0.389 e. The van der Waals surface area contributed by atoms with Gasteiger partial charge in [0.2, 0.25) is 0 Å². The summed E-state index contributed by atoms with van der Waals surface area (Å²) in [5.41, 5.74) is 1.25. The minimum atomic E-state index is -0.482. The molecule has 0 radical (unpaired) electrons. The summed E-state index contributed by atoms with van der Waals surface area (Å²) in [6.45, 7) is 4.18. The van der Waals surface area contributed by atoms with E-state index in [1.54, 1.807) is 11.3 Å². The Bertz CT molecular complexity index is 430. The minimum absolute atomic E-state index is 0.482. The standard InChI is InChI=1S/C16H25NOS/c1-12-13(2)19-14(17-12)11-16(18)9-7-15(8-10-16)5-3-4-6-15/h18H,3-11H2,1-2H3. The molecule has 106 valence electrons. The van der Waals surface area contributed by atoms with Gasteiger partial charge in [-0.2, -0.15) is 0 Å². The second kappa shape index (κ2) is 4.85. The third-order valence-corrected chi connectivity index (χ3v) is 6.53. The number of hydrogen-bond donors (Lipinski definition) is 1. The van der Waals surface area contributed by atoms with E-state index in [4.69, 9.17) is 0 Å². The molecule has 0 atom stereocenters. The molecular formula is C16H25NOS. The Morgan fingerprint density at radius 3 is 2.21 bits per heavy atom. The van der Waals surface area contributed by atoms with Crippen LogP contribution in [-0.2, 0) is 6.42 Å². The molecule has 2 nitrogen and oxygen atoms in total. The third kappa shape index (κ3) is 2.73. The molecule has 0 aliphatic heterocycles. The van der Waals surface area contributed by atoms with Gasteiger partial charge in [0, 0.05) is 11.3 Å². The summed E-state index contributed by atoms with van der Waals surface area (Å²) in [5.74, 6) is 0. The fourth-order valence-electron chi connectivity index (χ4n) is 3.94. The van der Waals surface area contributed by atoms with E-state index in [2.05, 4.69) is 18.8 Å². The van der Waals surface area contributed by atoms with E-state index in [9.17, 15) is 5.11 Å². The molecule has 2 aliphatic rings. The summed E-state index contributed by atoms with van der Waals surface area (Å²) >= 11 is 1.76. The molecule has 3 heteroatoms. The third-order valence-electron chi connectivity index (χ3n) is 5.46. The van der Waals surface area contributed by atoms with Crippen LogP contribution in [0, 0.1) is 19.3 Å². The number of rotatable bonds is 2. The summed E-state index contributed by atoms with van der Waals surface area (Å²) in [5, 5.41) is 12.0. The first-order valence-corrected chi connectivity index (χ1v) is 8.47. The molecular weight excluding hydrogens is 254 g/mol. The number of aromatic nitrogens is 1. The lowest BCUT2D eigenvalue weighted by atomic mass is 9.67. The van der Waals surface area contributed by atoms with Crippen LogP contribution in [0.1, 0.15) is 66.9 Å². The topological polar surface area (TPSA) is 33.1 Å². The van der Waals surface area contributed by atoms with Crippen molar-refractivity contribution < 1.29 is 5.11 Å². The Kier molecular flexibility index (Phi) is 3.46. The highest BCUT2D eigenvalue weighted by Crippen LogP contribution is 2.51. The van der Waals surface area contributed by atoms with Crippen molar-refractivity contribution >= 4 is 11.3 Å². The maximum Gasteiger partial charge on any atom is 0.0959 e. The molecule has 0 amide bonds. The maximum absolute atomic E-state index is 10.8. The molecule has 1 N–H and O–H groups in total. The van der Waals surface area contributed by atoms with Crippen LogP contribution in [-0.4, -0.2) is 15.7 Å². The average molecular weight is 279 g/mol. The van der Waals surface area contributed by atoms with Crippen molar-refractivity contribution in [1.29, 1.82) is 0 Å². The highest BCUT2D eigenvalue weighted by molar-refractivity contribution is 7.11. The molecule has 2 saturated carbocycles. The molecule has 1 aromatic rings. The van der Waals surface area contributed by atoms with Gasteiger partial charge in [-0.25, -0.2) is 4.98 Å². The molecule has 3 rings (SSSR count). The number of thiazole rings is 1. The summed E-state index contributed by atoms with van der Waals surface area (Å²) in [7, 11) is 0. The zero-order valence-corrected chi connectivity index (χ0v) is 13.0. The molecule has 1 heterocycles. The van der Waals surface area contributed by atoms with Crippen LogP contribution in [0.2, 0.25) is 0 Å². The van der Waals surface area contributed by atoms with Crippen LogP contribution in [0.5, 0.6) is 0 Å². The Morgan fingerprint density at radius 1 is 1.05 bits per heavy atom. The van der Waals surface area contributed by atoms with E-state index < -0.39 is 5.60 Å². The Morgan fingerprint density at radius 2 is 1.68 bits per heavy atom. The fourth-order valence-corrected chi connectivity index (χ4v) is 5.01. The van der Waals surface area contributed by atoms with Crippen molar-refractivity contribution in [3.8, 4) is 0 Å². The molecule has 19 heavy (non-hydrogen) atoms. The Hall–Kier alpha value is -0.410. The van der Waals surface area contributed by atoms with E-state index in [1.165, 1.54) is 43.4 Å². The lowest BCUT2D eigenvalue weighted by Crippen LogP contribution is -2.39. The zero-order chi connectivity index (χ0) is 13.5. The minimum Gasteiger partial charge on any atom is -0.389 e. The lowest BCUT2D eigenvalue weighted by molar-refractivity contribution is -0.0322. The van der Waals surface area contributed by atoms with E-state index >= 15 is 0 Å². The summed E-state index contributed by atoms with van der Waals surface area (Å²) in [6.07, 6.45) is 10.8. The van der Waals surface area contributed by atoms with Crippen LogP contribution in [0.3, 0.4) is 0 Å². The first kappa shape index (κ1) is 13.6. The summed E-state index contributed by atoms with van der Waals surface area (Å²) in [4.78, 5) is 5.89. The summed E-state index contributed by atoms with van der Waals surface area (Å²) in [6, 6.07) is 0. The van der Waals surface area contributed by atoms with Gasteiger partial charge < -0.3 is 5.11 Å². The van der Waals surface area contributed by atoms with Crippen molar-refractivity contribution in [2.45, 2.75) is 77.2 Å². The SMILES string of the molecule is Cc1nc(CC2(O)CCC3(CCCC3)CC2)sc1C. The van der Waals surface area contributed by atoms with Crippen molar-refractivity contribution in [2.75, 3.05) is 0 Å². The quantitative estimate of drug-likeness (QED) is 0.881. The zero-order valence-electron chi connectivity index (χ0n) is 12.2. The maximum atomic E-state index is 10.8. The van der Waals surface area contributed by atoms with Gasteiger partial charge in [-0.1, -0.05) is 12.8 Å². The van der Waals surface area contributed by atoms with Gasteiger partial charge in [0.25, 0.3) is 0 Å². The molecule has 0 bridgehead atoms. The second-order valence-corrected chi connectivity index (χ2v) is 8.15. The molecule has 0 unspecified atom stereocenters. The lowest BCUT2D eigenvalue weighted by Gasteiger charge is -2.42. The van der Waals surface area contributed by atoms with Gasteiger partial charge in [-0.3, -0.25) is 0 Å². The van der Waals surface area contributed by atoms with Crippen LogP contribution >= 0.6 is 11.3 Å². The van der Waals surface area contributed by atoms with Gasteiger partial charge in [0.15, 0.2) is 0 Å². The van der Waals surface area contributed by atoms with Gasteiger partial charge >= 0.3 is 0 Å². The first-order chi connectivity index (χ1) is 9.00. The Labute approximate surface area is 120 Å². The molecule has 0 aromatic carbocycles. The predicted octanol–water partition coefficient (Wildman–Crippen LogP) is 4.17. The van der Waals surface area contributed by atoms with Crippen LogP contribution in [0.25, 0.3) is 0 Å². The monoisotopic (exact) mass is 279 g/mol. The van der Waals surface area contributed by atoms with Gasteiger partial charge in [0.05, 0.1) is 16.3 Å². The second-order valence-electron chi connectivity index (χ2n) is 6.86. The summed E-state index contributed by atoms with van der Waals surface area (Å²) < 4.78 is 0. The van der Waals surface area contributed by atoms with Gasteiger partial charge in [0.1, 0.15) is 0 Å².